The van der Waals surface area contributed by atoms with Gasteiger partial charge in [-0.05, 0) is 48.2 Å². The first-order valence-electron chi connectivity index (χ1n) is 6.64. The summed E-state index contributed by atoms with van der Waals surface area (Å²) in [5.41, 5.74) is -1.54. The Labute approximate surface area is 142 Å². The number of thioether (sulfide) groups is 1. The molecule has 1 amide bonds. The number of benzene rings is 2. The Kier molecular flexibility index (Phi) is 5.51. The minimum atomic E-state index is -4.61. The number of amides is 1. The Hall–Kier alpha value is -2.36. The average Bonchev–Trinajstić information content (AvgIpc) is 2.51. The van der Waals surface area contributed by atoms with E-state index in [1.165, 1.54) is 12.1 Å². The van der Waals surface area contributed by atoms with Crippen LogP contribution >= 0.6 is 11.8 Å². The number of halogens is 6. The van der Waals surface area contributed by atoms with Crippen molar-refractivity contribution in [1.82, 2.24) is 5.43 Å². The zero-order chi connectivity index (χ0) is 18.7. The molecule has 0 heterocycles. The fraction of sp³-hybridized carbons (Fsp3) is 0.133. The van der Waals surface area contributed by atoms with Crippen LogP contribution in [0.5, 0.6) is 0 Å². The number of anilines is 1. The average molecular weight is 380 g/mol. The van der Waals surface area contributed by atoms with Gasteiger partial charge in [-0.3, -0.25) is 15.6 Å². The Bertz CT molecular complexity index is 743. The molecule has 0 fully saturated rings. The second kappa shape index (κ2) is 7.26. The molecule has 0 saturated heterocycles. The molecule has 0 aliphatic carbocycles. The highest BCUT2D eigenvalue weighted by atomic mass is 32.2. The topological polar surface area (TPSA) is 41.1 Å². The van der Waals surface area contributed by atoms with Crippen molar-refractivity contribution in [2.45, 2.75) is 16.6 Å². The molecule has 0 aliphatic heterocycles. The van der Waals surface area contributed by atoms with E-state index in [2.05, 4.69) is 10.9 Å². The molecule has 0 radical (unpaired) electrons. The minimum Gasteiger partial charge on any atom is -0.298 e. The van der Waals surface area contributed by atoms with Crippen LogP contribution in [0.4, 0.5) is 32.0 Å². The first-order valence-corrected chi connectivity index (χ1v) is 7.46. The summed E-state index contributed by atoms with van der Waals surface area (Å²) in [6.45, 7) is 0. The molecule has 2 aromatic carbocycles. The molecule has 2 N–H and O–H groups in total. The van der Waals surface area contributed by atoms with Crippen molar-refractivity contribution in [1.29, 1.82) is 0 Å². The number of carbonyl (C=O) groups is 1. The lowest BCUT2D eigenvalue weighted by Crippen LogP contribution is -2.30. The van der Waals surface area contributed by atoms with Gasteiger partial charge in [-0.1, -0.05) is 12.1 Å². The molecule has 0 unspecified atom stereocenters. The summed E-state index contributed by atoms with van der Waals surface area (Å²) in [6.07, 6.45) is -4.61. The lowest BCUT2D eigenvalue weighted by molar-refractivity contribution is -0.137. The Morgan fingerprint density at radius 1 is 0.880 bits per heavy atom. The molecular weight excluding hydrogens is 370 g/mol. The second-order valence-corrected chi connectivity index (χ2v) is 5.83. The van der Waals surface area contributed by atoms with Gasteiger partial charge in [0.15, 0.2) is 0 Å². The van der Waals surface area contributed by atoms with Crippen molar-refractivity contribution in [2.75, 3.05) is 5.43 Å². The Morgan fingerprint density at radius 3 is 2.04 bits per heavy atom. The Morgan fingerprint density at radius 2 is 1.48 bits per heavy atom. The van der Waals surface area contributed by atoms with Crippen LogP contribution < -0.4 is 10.9 Å². The Balaban J connectivity index is 2.04. The van der Waals surface area contributed by atoms with Crippen LogP contribution in [0.2, 0.25) is 0 Å². The smallest absolute Gasteiger partial charge is 0.298 e. The van der Waals surface area contributed by atoms with E-state index in [0.29, 0.717) is 0 Å². The summed E-state index contributed by atoms with van der Waals surface area (Å²) in [5, 5.41) is 0. The summed E-state index contributed by atoms with van der Waals surface area (Å²) >= 11 is -0.336. The van der Waals surface area contributed by atoms with Gasteiger partial charge in [0.25, 0.3) is 5.91 Å². The van der Waals surface area contributed by atoms with E-state index in [4.69, 9.17) is 0 Å². The van der Waals surface area contributed by atoms with E-state index in [9.17, 15) is 31.1 Å². The maximum absolute atomic E-state index is 12.8. The third kappa shape index (κ3) is 5.59. The number of hydrogen-bond donors (Lipinski definition) is 2. The van der Waals surface area contributed by atoms with E-state index in [1.807, 2.05) is 0 Å². The molecule has 0 aromatic heterocycles. The van der Waals surface area contributed by atoms with E-state index in [0.717, 1.165) is 36.4 Å². The molecule has 0 aliphatic rings. The zero-order valence-electron chi connectivity index (χ0n) is 12.2. The van der Waals surface area contributed by atoms with E-state index < -0.39 is 23.2 Å². The van der Waals surface area contributed by atoms with E-state index in [1.54, 1.807) is 0 Å². The zero-order valence-corrected chi connectivity index (χ0v) is 13.0. The predicted octanol–water partition coefficient (Wildman–Crippen LogP) is 5.07. The molecule has 10 heteroatoms. The molecule has 0 bridgehead atoms. The summed E-state index contributed by atoms with van der Waals surface area (Å²) < 4.78 is 75.2. The maximum atomic E-state index is 12.8. The summed E-state index contributed by atoms with van der Waals surface area (Å²) in [5.74, 6) is -0.791. The van der Waals surface area contributed by atoms with Gasteiger partial charge in [-0.2, -0.15) is 26.3 Å². The molecule has 134 valence electrons. The molecule has 25 heavy (non-hydrogen) atoms. The third-order valence-electron chi connectivity index (χ3n) is 2.89. The molecular formula is C15H10F6N2OS. The van der Waals surface area contributed by atoms with Gasteiger partial charge < -0.3 is 0 Å². The van der Waals surface area contributed by atoms with Crippen molar-refractivity contribution in [3.05, 3.63) is 59.7 Å². The molecule has 2 rings (SSSR count). The minimum absolute atomic E-state index is 0.0106. The SMILES string of the molecule is O=C(NNc1ccccc1C(F)(F)F)c1ccc(SC(F)(F)F)cc1. The predicted molar refractivity (Wildman–Crippen MR) is 80.9 cm³/mol. The molecule has 2 aromatic rings. The fourth-order valence-corrected chi connectivity index (χ4v) is 2.38. The van der Waals surface area contributed by atoms with Crippen molar-refractivity contribution in [3.63, 3.8) is 0 Å². The van der Waals surface area contributed by atoms with Gasteiger partial charge >= 0.3 is 11.7 Å². The quantitative estimate of drug-likeness (QED) is 0.442. The van der Waals surface area contributed by atoms with Crippen LogP contribution in [0.15, 0.2) is 53.4 Å². The lowest BCUT2D eigenvalue weighted by Gasteiger charge is -2.15. The van der Waals surface area contributed by atoms with E-state index in [-0.39, 0.29) is 27.9 Å². The fourth-order valence-electron chi connectivity index (χ4n) is 1.84. The largest absolute Gasteiger partial charge is 0.446 e. The molecule has 0 saturated carbocycles. The number of hydrazine groups is 1. The monoisotopic (exact) mass is 380 g/mol. The highest BCUT2D eigenvalue weighted by molar-refractivity contribution is 8.00. The first kappa shape index (κ1) is 19.0. The van der Waals surface area contributed by atoms with Crippen LogP contribution in [-0.4, -0.2) is 11.4 Å². The van der Waals surface area contributed by atoms with Crippen LogP contribution in [0.3, 0.4) is 0 Å². The highest BCUT2D eigenvalue weighted by Gasteiger charge is 2.33. The summed E-state index contributed by atoms with van der Waals surface area (Å²) in [6, 6.07) is 9.00. The highest BCUT2D eigenvalue weighted by Crippen LogP contribution is 2.37. The van der Waals surface area contributed by atoms with Gasteiger partial charge in [-0.15, -0.1) is 0 Å². The van der Waals surface area contributed by atoms with Gasteiger partial charge in [-0.25, -0.2) is 0 Å². The second-order valence-electron chi connectivity index (χ2n) is 4.69. The van der Waals surface area contributed by atoms with E-state index >= 15 is 0 Å². The van der Waals surface area contributed by atoms with Gasteiger partial charge in [0, 0.05) is 10.5 Å². The van der Waals surface area contributed by atoms with Crippen molar-refractivity contribution in [3.8, 4) is 0 Å². The number of para-hydroxylation sites is 1. The van der Waals surface area contributed by atoms with Crippen molar-refractivity contribution >= 4 is 23.4 Å². The number of nitrogens with one attached hydrogen (secondary N) is 2. The molecule has 0 atom stereocenters. The summed E-state index contributed by atoms with van der Waals surface area (Å²) in [4.78, 5) is 11.8. The van der Waals surface area contributed by atoms with Crippen molar-refractivity contribution < 1.29 is 31.1 Å². The molecule has 3 nitrogen and oxygen atoms in total. The van der Waals surface area contributed by atoms with Crippen LogP contribution in [0, 0.1) is 0 Å². The number of hydrogen-bond acceptors (Lipinski definition) is 3. The van der Waals surface area contributed by atoms with Gasteiger partial charge in [0.2, 0.25) is 0 Å². The first-order chi connectivity index (χ1) is 11.6. The standard InChI is InChI=1S/C15H10F6N2OS/c16-14(17,18)11-3-1-2-4-12(11)22-23-13(24)9-5-7-10(8-6-9)25-15(19,20)21/h1-8,22H,(H,23,24). The number of carbonyl (C=O) groups excluding carboxylic acids is 1. The van der Waals surface area contributed by atoms with Gasteiger partial charge in [0.1, 0.15) is 0 Å². The van der Waals surface area contributed by atoms with Crippen LogP contribution in [0.25, 0.3) is 0 Å². The van der Waals surface area contributed by atoms with Gasteiger partial charge in [0.05, 0.1) is 11.3 Å². The number of alkyl halides is 6. The number of rotatable bonds is 4. The lowest BCUT2D eigenvalue weighted by atomic mass is 10.2. The van der Waals surface area contributed by atoms with Crippen LogP contribution in [0.1, 0.15) is 15.9 Å². The summed E-state index contributed by atoms with van der Waals surface area (Å²) in [7, 11) is 0. The third-order valence-corrected chi connectivity index (χ3v) is 3.63. The molecule has 0 spiro atoms. The van der Waals surface area contributed by atoms with Crippen molar-refractivity contribution in [2.24, 2.45) is 0 Å². The maximum Gasteiger partial charge on any atom is 0.446 e. The normalized spacial score (nSPS) is 11.9. The van der Waals surface area contributed by atoms with Crippen LogP contribution in [-0.2, 0) is 6.18 Å².